The Kier molecular flexibility index (Phi) is 2.93. The number of hydrogen-bond donors (Lipinski definition) is 0. The van der Waals surface area contributed by atoms with Crippen LogP contribution in [0.3, 0.4) is 0 Å². The standard InChI is InChI=1S/C11H7ClF2N2O/c1-6(12)4-16-5-15-10-3-9(14)8(13)2-7(10)11(16)17/h2-3,5H,1,4H2. The predicted molar refractivity (Wildman–Crippen MR) is 60.9 cm³/mol. The van der Waals surface area contributed by atoms with Crippen LogP contribution in [-0.4, -0.2) is 9.55 Å². The molecule has 0 aliphatic carbocycles. The highest BCUT2D eigenvalue weighted by Crippen LogP contribution is 2.13. The van der Waals surface area contributed by atoms with Crippen molar-refractivity contribution >= 4 is 22.5 Å². The van der Waals surface area contributed by atoms with Crippen LogP contribution in [0.15, 0.2) is 34.9 Å². The molecule has 0 aliphatic heterocycles. The van der Waals surface area contributed by atoms with Gasteiger partial charge in [0.25, 0.3) is 5.56 Å². The first kappa shape index (κ1) is 11.7. The van der Waals surface area contributed by atoms with E-state index in [1.165, 1.54) is 10.9 Å². The highest BCUT2D eigenvalue weighted by Gasteiger charge is 2.09. The zero-order chi connectivity index (χ0) is 12.6. The first-order valence-corrected chi connectivity index (χ1v) is 5.04. The Morgan fingerprint density at radius 2 is 2.06 bits per heavy atom. The molecule has 0 bridgehead atoms. The fourth-order valence-corrected chi connectivity index (χ4v) is 1.58. The number of benzene rings is 1. The van der Waals surface area contributed by atoms with Crippen molar-refractivity contribution in [3.63, 3.8) is 0 Å². The van der Waals surface area contributed by atoms with Crippen molar-refractivity contribution in [1.82, 2.24) is 9.55 Å². The van der Waals surface area contributed by atoms with Gasteiger partial charge in [-0.05, 0) is 6.07 Å². The van der Waals surface area contributed by atoms with Crippen LogP contribution in [0.25, 0.3) is 10.9 Å². The van der Waals surface area contributed by atoms with Crippen LogP contribution < -0.4 is 5.56 Å². The van der Waals surface area contributed by atoms with Crippen molar-refractivity contribution in [3.8, 4) is 0 Å². The third kappa shape index (κ3) is 2.19. The molecule has 0 N–H and O–H groups in total. The molecule has 2 rings (SSSR count). The summed E-state index contributed by atoms with van der Waals surface area (Å²) in [6.45, 7) is 3.52. The lowest BCUT2D eigenvalue weighted by atomic mass is 10.2. The zero-order valence-corrected chi connectivity index (χ0v) is 9.34. The molecule has 17 heavy (non-hydrogen) atoms. The first-order valence-electron chi connectivity index (χ1n) is 4.66. The van der Waals surface area contributed by atoms with Gasteiger partial charge in [0.2, 0.25) is 0 Å². The highest BCUT2D eigenvalue weighted by atomic mass is 35.5. The second kappa shape index (κ2) is 4.25. The minimum absolute atomic E-state index is 0.00400. The van der Waals surface area contributed by atoms with Crippen molar-refractivity contribution < 1.29 is 8.78 Å². The van der Waals surface area contributed by atoms with E-state index in [0.29, 0.717) is 0 Å². The molecule has 0 aliphatic rings. The fourth-order valence-electron chi connectivity index (χ4n) is 1.45. The Balaban J connectivity index is 2.71. The average molecular weight is 257 g/mol. The Hall–Kier alpha value is -1.75. The molecule has 3 nitrogen and oxygen atoms in total. The number of rotatable bonds is 2. The Morgan fingerprint density at radius 1 is 1.41 bits per heavy atom. The molecule has 1 aromatic heterocycles. The number of nitrogens with zero attached hydrogens (tertiary/aromatic N) is 2. The van der Waals surface area contributed by atoms with Crippen molar-refractivity contribution in [2.45, 2.75) is 6.54 Å². The van der Waals surface area contributed by atoms with E-state index in [4.69, 9.17) is 11.6 Å². The normalized spacial score (nSPS) is 10.8. The van der Waals surface area contributed by atoms with Gasteiger partial charge in [-0.15, -0.1) is 0 Å². The van der Waals surface area contributed by atoms with Gasteiger partial charge in [-0.1, -0.05) is 18.2 Å². The number of halogens is 3. The number of allylic oxidation sites excluding steroid dienone is 1. The maximum atomic E-state index is 13.0. The molecule has 0 amide bonds. The van der Waals surface area contributed by atoms with Gasteiger partial charge in [0.1, 0.15) is 0 Å². The van der Waals surface area contributed by atoms with Crippen molar-refractivity contribution in [2.24, 2.45) is 0 Å². The number of hydrogen-bond acceptors (Lipinski definition) is 2. The maximum absolute atomic E-state index is 13.0. The van der Waals surface area contributed by atoms with E-state index in [0.717, 1.165) is 12.1 Å². The monoisotopic (exact) mass is 256 g/mol. The lowest BCUT2D eigenvalue weighted by molar-refractivity contribution is 0.510. The molecule has 2 aromatic rings. The molecule has 0 saturated carbocycles. The van der Waals surface area contributed by atoms with Gasteiger partial charge in [0, 0.05) is 11.1 Å². The van der Waals surface area contributed by atoms with Gasteiger partial charge in [0.05, 0.1) is 23.8 Å². The van der Waals surface area contributed by atoms with E-state index in [-0.39, 0.29) is 22.5 Å². The van der Waals surface area contributed by atoms with Crippen LogP contribution in [0.5, 0.6) is 0 Å². The molecule has 0 fully saturated rings. The molecule has 6 heteroatoms. The SMILES string of the molecule is C=C(Cl)Cn1cnc2cc(F)c(F)cc2c1=O. The quantitative estimate of drug-likeness (QED) is 0.827. The lowest BCUT2D eigenvalue weighted by Gasteiger charge is -2.05. The lowest BCUT2D eigenvalue weighted by Crippen LogP contribution is -2.21. The van der Waals surface area contributed by atoms with Gasteiger partial charge in [-0.25, -0.2) is 13.8 Å². The minimum atomic E-state index is -1.08. The van der Waals surface area contributed by atoms with E-state index >= 15 is 0 Å². The van der Waals surface area contributed by atoms with Crippen LogP contribution in [0.2, 0.25) is 0 Å². The second-order valence-corrected chi connectivity index (χ2v) is 4.01. The van der Waals surface area contributed by atoms with Crippen LogP contribution in [-0.2, 0) is 6.54 Å². The van der Waals surface area contributed by atoms with Crippen molar-refractivity contribution in [2.75, 3.05) is 0 Å². The van der Waals surface area contributed by atoms with Gasteiger partial charge >= 0.3 is 0 Å². The Morgan fingerprint density at radius 3 is 2.71 bits per heavy atom. The number of fused-ring (bicyclic) bond motifs is 1. The van der Waals surface area contributed by atoms with E-state index in [9.17, 15) is 13.6 Å². The van der Waals surface area contributed by atoms with Crippen molar-refractivity contribution in [1.29, 1.82) is 0 Å². The van der Waals surface area contributed by atoms with Gasteiger partial charge in [0.15, 0.2) is 11.6 Å². The topological polar surface area (TPSA) is 34.9 Å². The van der Waals surface area contributed by atoms with Gasteiger partial charge in [-0.3, -0.25) is 9.36 Å². The van der Waals surface area contributed by atoms with Crippen LogP contribution in [0, 0.1) is 11.6 Å². The summed E-state index contributed by atoms with van der Waals surface area (Å²) in [6.07, 6.45) is 1.22. The highest BCUT2D eigenvalue weighted by molar-refractivity contribution is 6.29. The molecule has 0 atom stereocenters. The predicted octanol–water partition coefficient (Wildman–Crippen LogP) is 2.43. The van der Waals surface area contributed by atoms with Gasteiger partial charge in [-0.2, -0.15) is 0 Å². The summed E-state index contributed by atoms with van der Waals surface area (Å²) in [5.41, 5.74) is -0.388. The zero-order valence-electron chi connectivity index (χ0n) is 8.58. The molecule has 0 unspecified atom stereocenters. The van der Waals surface area contributed by atoms with Crippen LogP contribution >= 0.6 is 11.6 Å². The third-order valence-corrected chi connectivity index (χ3v) is 2.33. The molecular weight excluding hydrogens is 250 g/mol. The second-order valence-electron chi connectivity index (χ2n) is 3.48. The van der Waals surface area contributed by atoms with Crippen LogP contribution in [0.4, 0.5) is 8.78 Å². The van der Waals surface area contributed by atoms with E-state index in [2.05, 4.69) is 11.6 Å². The summed E-state index contributed by atoms with van der Waals surface area (Å²) >= 11 is 5.58. The van der Waals surface area contributed by atoms with E-state index in [1.54, 1.807) is 0 Å². The van der Waals surface area contributed by atoms with Crippen LogP contribution in [0.1, 0.15) is 0 Å². The third-order valence-electron chi connectivity index (χ3n) is 2.21. The largest absolute Gasteiger partial charge is 0.293 e. The molecule has 0 saturated heterocycles. The average Bonchev–Trinajstić information content (AvgIpc) is 2.25. The van der Waals surface area contributed by atoms with E-state index < -0.39 is 17.2 Å². The Bertz CT molecular complexity index is 666. The molecule has 1 aromatic carbocycles. The summed E-state index contributed by atoms with van der Waals surface area (Å²) in [7, 11) is 0. The summed E-state index contributed by atoms with van der Waals surface area (Å²) in [6, 6.07) is 1.71. The molecule has 0 radical (unpaired) electrons. The number of aromatic nitrogens is 2. The molecule has 0 spiro atoms. The molecule has 88 valence electrons. The summed E-state index contributed by atoms with van der Waals surface area (Å²) in [5.74, 6) is -2.12. The maximum Gasteiger partial charge on any atom is 0.261 e. The van der Waals surface area contributed by atoms with E-state index in [1.807, 2.05) is 0 Å². The molecular formula is C11H7ClF2N2O. The summed E-state index contributed by atoms with van der Waals surface area (Å²) in [5, 5.41) is 0.250. The minimum Gasteiger partial charge on any atom is -0.293 e. The smallest absolute Gasteiger partial charge is 0.261 e. The Labute approximate surface area is 100.0 Å². The van der Waals surface area contributed by atoms with Gasteiger partial charge < -0.3 is 0 Å². The first-order chi connectivity index (χ1) is 7.99. The van der Waals surface area contributed by atoms with Crippen molar-refractivity contribution in [3.05, 3.63) is 52.1 Å². The fraction of sp³-hybridized carbons (Fsp3) is 0.0909. The molecule has 1 heterocycles. The summed E-state index contributed by atoms with van der Waals surface area (Å²) < 4.78 is 27.1. The summed E-state index contributed by atoms with van der Waals surface area (Å²) in [4.78, 5) is 15.7.